The van der Waals surface area contributed by atoms with Gasteiger partial charge in [0.05, 0.1) is 0 Å². The summed E-state index contributed by atoms with van der Waals surface area (Å²) < 4.78 is 0. The first-order valence-corrected chi connectivity index (χ1v) is 8.27. The van der Waals surface area contributed by atoms with Gasteiger partial charge in [0.25, 0.3) is 0 Å². The summed E-state index contributed by atoms with van der Waals surface area (Å²) in [5.74, 6) is 2.21. The van der Waals surface area contributed by atoms with Crippen LogP contribution in [0, 0.1) is 11.8 Å². The summed E-state index contributed by atoms with van der Waals surface area (Å²) in [6, 6.07) is 10.4. The van der Waals surface area contributed by atoms with E-state index in [0.717, 1.165) is 38.0 Å². The highest BCUT2D eigenvalue weighted by Gasteiger charge is 2.31. The molecule has 1 N–H and O–H groups in total. The zero-order valence-electron chi connectivity index (χ0n) is 13.3. The number of rotatable bonds is 3. The molecule has 1 unspecified atom stereocenters. The number of benzene rings is 1. The highest BCUT2D eigenvalue weighted by molar-refractivity contribution is 5.85. The van der Waals surface area contributed by atoms with Crippen molar-refractivity contribution >= 4 is 18.3 Å². The van der Waals surface area contributed by atoms with Crippen molar-refractivity contribution in [2.45, 2.75) is 32.1 Å². The molecule has 2 aliphatic rings. The average molecular weight is 323 g/mol. The number of hydrogen-bond acceptors (Lipinski definition) is 2. The summed E-state index contributed by atoms with van der Waals surface area (Å²) in [4.78, 5) is 14.7. The molecule has 1 aromatic rings. The molecule has 22 heavy (non-hydrogen) atoms. The first kappa shape index (κ1) is 17.3. The van der Waals surface area contributed by atoms with Gasteiger partial charge in [0, 0.05) is 19.5 Å². The van der Waals surface area contributed by atoms with Gasteiger partial charge in [-0.2, -0.15) is 0 Å². The lowest BCUT2D eigenvalue weighted by molar-refractivity contribution is -0.131. The quantitative estimate of drug-likeness (QED) is 0.927. The van der Waals surface area contributed by atoms with Gasteiger partial charge in [-0.15, -0.1) is 12.4 Å². The van der Waals surface area contributed by atoms with Gasteiger partial charge in [0.2, 0.25) is 5.91 Å². The first-order valence-electron chi connectivity index (χ1n) is 8.27. The average Bonchev–Trinajstić information content (AvgIpc) is 2.86. The smallest absolute Gasteiger partial charge is 0.223 e. The van der Waals surface area contributed by atoms with Crippen LogP contribution >= 0.6 is 12.4 Å². The minimum atomic E-state index is 0. The standard InChI is InChI=1S/C18H26N2O.ClH/c1-14(15-5-3-2-4-6-15)11-18(21)20-9-7-16-12-19-13-17(16)8-10-20;/h2-6,14,16-17,19H,7-13H2,1H3;1H/t14?,16-,17+;. The van der Waals surface area contributed by atoms with Gasteiger partial charge >= 0.3 is 0 Å². The van der Waals surface area contributed by atoms with Crippen LogP contribution in [0.5, 0.6) is 0 Å². The fourth-order valence-corrected chi connectivity index (χ4v) is 3.76. The third kappa shape index (κ3) is 4.02. The highest BCUT2D eigenvalue weighted by Crippen LogP contribution is 2.28. The molecular weight excluding hydrogens is 296 g/mol. The molecule has 0 spiro atoms. The molecule has 3 atom stereocenters. The summed E-state index contributed by atoms with van der Waals surface area (Å²) in [7, 11) is 0. The Morgan fingerprint density at radius 3 is 2.36 bits per heavy atom. The monoisotopic (exact) mass is 322 g/mol. The minimum absolute atomic E-state index is 0. The molecule has 2 aliphatic heterocycles. The third-order valence-corrected chi connectivity index (χ3v) is 5.22. The Kier molecular flexibility index (Phi) is 6.27. The molecule has 2 heterocycles. The lowest BCUT2D eigenvalue weighted by Crippen LogP contribution is -2.33. The molecule has 0 aromatic heterocycles. The predicted molar refractivity (Wildman–Crippen MR) is 92.4 cm³/mol. The Labute approximate surface area is 139 Å². The van der Waals surface area contributed by atoms with Crippen LogP contribution in [0.25, 0.3) is 0 Å². The first-order chi connectivity index (χ1) is 10.2. The van der Waals surface area contributed by atoms with Gasteiger partial charge in [-0.25, -0.2) is 0 Å². The normalized spacial score (nSPS) is 25.8. The van der Waals surface area contributed by atoms with Gasteiger partial charge in [0.15, 0.2) is 0 Å². The number of halogens is 1. The van der Waals surface area contributed by atoms with E-state index in [9.17, 15) is 4.79 Å². The van der Waals surface area contributed by atoms with Crippen LogP contribution < -0.4 is 5.32 Å². The second kappa shape index (κ2) is 7.98. The van der Waals surface area contributed by atoms with E-state index < -0.39 is 0 Å². The fraction of sp³-hybridized carbons (Fsp3) is 0.611. The molecule has 3 nitrogen and oxygen atoms in total. The van der Waals surface area contributed by atoms with E-state index in [1.54, 1.807) is 0 Å². The van der Waals surface area contributed by atoms with Crippen LogP contribution in [0.4, 0.5) is 0 Å². The lowest BCUT2D eigenvalue weighted by atomic mass is 9.92. The lowest BCUT2D eigenvalue weighted by Gasteiger charge is -2.23. The van der Waals surface area contributed by atoms with Crippen molar-refractivity contribution in [2.24, 2.45) is 11.8 Å². The summed E-state index contributed by atoms with van der Waals surface area (Å²) in [6.45, 7) is 6.34. The van der Waals surface area contributed by atoms with Crippen molar-refractivity contribution in [1.82, 2.24) is 10.2 Å². The number of carbonyl (C=O) groups excluding carboxylic acids is 1. The van der Waals surface area contributed by atoms with Crippen molar-refractivity contribution in [1.29, 1.82) is 0 Å². The molecule has 122 valence electrons. The molecule has 0 aliphatic carbocycles. The van der Waals surface area contributed by atoms with Crippen LogP contribution in [0.3, 0.4) is 0 Å². The SMILES string of the molecule is CC(CC(=O)N1CC[C@@H]2CNC[C@@H]2CC1)c1ccccc1.Cl. The molecular formula is C18H27ClN2O. The molecule has 4 heteroatoms. The van der Waals surface area contributed by atoms with E-state index in [1.165, 1.54) is 18.4 Å². The Morgan fingerprint density at radius 1 is 1.18 bits per heavy atom. The molecule has 1 amide bonds. The van der Waals surface area contributed by atoms with E-state index in [0.29, 0.717) is 18.2 Å². The van der Waals surface area contributed by atoms with Crippen molar-refractivity contribution in [3.8, 4) is 0 Å². The maximum absolute atomic E-state index is 12.6. The molecule has 0 radical (unpaired) electrons. The van der Waals surface area contributed by atoms with Crippen molar-refractivity contribution in [3.05, 3.63) is 35.9 Å². The highest BCUT2D eigenvalue weighted by atomic mass is 35.5. The number of carbonyl (C=O) groups is 1. The predicted octanol–water partition coefficient (Wildman–Crippen LogP) is 3.06. The largest absolute Gasteiger partial charge is 0.343 e. The number of amides is 1. The van der Waals surface area contributed by atoms with Gasteiger partial charge in [-0.1, -0.05) is 37.3 Å². The minimum Gasteiger partial charge on any atom is -0.343 e. The van der Waals surface area contributed by atoms with Crippen LogP contribution in [0.1, 0.15) is 37.7 Å². The van der Waals surface area contributed by atoms with Gasteiger partial charge in [-0.05, 0) is 49.2 Å². The zero-order valence-corrected chi connectivity index (χ0v) is 14.1. The maximum atomic E-state index is 12.6. The number of nitrogens with one attached hydrogen (secondary N) is 1. The van der Waals surface area contributed by atoms with Crippen molar-refractivity contribution in [2.75, 3.05) is 26.2 Å². The van der Waals surface area contributed by atoms with Gasteiger partial charge in [0.1, 0.15) is 0 Å². The fourth-order valence-electron chi connectivity index (χ4n) is 3.76. The number of hydrogen-bond donors (Lipinski definition) is 1. The van der Waals surface area contributed by atoms with Crippen LogP contribution in [0.2, 0.25) is 0 Å². The number of likely N-dealkylation sites (tertiary alicyclic amines) is 1. The zero-order chi connectivity index (χ0) is 14.7. The van der Waals surface area contributed by atoms with E-state index in [2.05, 4.69) is 41.4 Å². The molecule has 0 bridgehead atoms. The second-order valence-electron chi connectivity index (χ2n) is 6.65. The molecule has 1 aromatic carbocycles. The van der Waals surface area contributed by atoms with Gasteiger partial charge < -0.3 is 10.2 Å². The van der Waals surface area contributed by atoms with Crippen LogP contribution in [-0.2, 0) is 4.79 Å². The van der Waals surface area contributed by atoms with Crippen LogP contribution in [-0.4, -0.2) is 37.0 Å². The summed E-state index contributed by atoms with van der Waals surface area (Å²) >= 11 is 0. The van der Waals surface area contributed by atoms with E-state index in [1.807, 2.05) is 6.07 Å². The number of nitrogens with zero attached hydrogens (tertiary/aromatic N) is 1. The van der Waals surface area contributed by atoms with Crippen molar-refractivity contribution < 1.29 is 4.79 Å². The Bertz CT molecular complexity index is 465. The van der Waals surface area contributed by atoms with Gasteiger partial charge in [-0.3, -0.25) is 4.79 Å². The van der Waals surface area contributed by atoms with E-state index >= 15 is 0 Å². The molecule has 3 rings (SSSR count). The molecule has 2 fully saturated rings. The van der Waals surface area contributed by atoms with Crippen LogP contribution in [0.15, 0.2) is 30.3 Å². The summed E-state index contributed by atoms with van der Waals surface area (Å²) in [5.41, 5.74) is 1.27. The Balaban J connectivity index is 0.00000176. The number of fused-ring (bicyclic) bond motifs is 1. The van der Waals surface area contributed by atoms with Crippen molar-refractivity contribution in [3.63, 3.8) is 0 Å². The molecule has 2 saturated heterocycles. The Hall–Kier alpha value is -1.06. The van der Waals surface area contributed by atoms with E-state index in [4.69, 9.17) is 0 Å². The Morgan fingerprint density at radius 2 is 1.77 bits per heavy atom. The molecule has 0 saturated carbocycles. The summed E-state index contributed by atoms with van der Waals surface area (Å²) in [5, 5.41) is 3.49. The maximum Gasteiger partial charge on any atom is 0.223 e. The van der Waals surface area contributed by atoms with E-state index in [-0.39, 0.29) is 12.4 Å². The second-order valence-corrected chi connectivity index (χ2v) is 6.65. The summed E-state index contributed by atoms with van der Waals surface area (Å²) in [6.07, 6.45) is 2.98. The third-order valence-electron chi connectivity index (χ3n) is 5.22. The topological polar surface area (TPSA) is 32.3 Å².